The van der Waals surface area contributed by atoms with Crippen LogP contribution in [-0.4, -0.2) is 15.8 Å². The average Bonchev–Trinajstić information content (AvgIpc) is 3.54. The van der Waals surface area contributed by atoms with Crippen molar-refractivity contribution in [2.75, 3.05) is 0 Å². The van der Waals surface area contributed by atoms with Crippen LogP contribution < -0.4 is 0 Å². The molecule has 1 aliphatic carbocycles. The summed E-state index contributed by atoms with van der Waals surface area (Å²) in [7, 11) is 0. The highest BCUT2D eigenvalue weighted by atomic mass is 16.2. The molecule has 1 aromatic heterocycles. The Morgan fingerprint density at radius 2 is 1.62 bits per heavy atom. The zero-order valence-electron chi connectivity index (χ0n) is 14.7. The van der Waals surface area contributed by atoms with Crippen molar-refractivity contribution < 1.29 is 4.79 Å². The number of benzene rings is 2. The van der Waals surface area contributed by atoms with Gasteiger partial charge in [0.15, 0.2) is 0 Å². The highest BCUT2D eigenvalue weighted by molar-refractivity contribution is 5.81. The Morgan fingerprint density at radius 1 is 0.885 bits per heavy atom. The fourth-order valence-electron chi connectivity index (χ4n) is 3.21. The molecular weight excluding hydrogens is 320 g/mol. The van der Waals surface area contributed by atoms with Crippen LogP contribution in [0.5, 0.6) is 0 Å². The standard InChI is InChI=1S/C23H22N2O/c26-23(21-11-12-21)25(17-19-7-5-13-24-15-19)16-18-6-4-10-22(14-18)20-8-2-1-3-9-20/h1-10,13-15,21H,11-12,16-17H2. The van der Waals surface area contributed by atoms with Gasteiger partial charge in [-0.05, 0) is 47.2 Å². The molecule has 1 fully saturated rings. The van der Waals surface area contributed by atoms with Crippen molar-refractivity contribution in [2.45, 2.75) is 25.9 Å². The van der Waals surface area contributed by atoms with Gasteiger partial charge in [0, 0.05) is 31.4 Å². The second kappa shape index (κ2) is 7.52. The van der Waals surface area contributed by atoms with E-state index in [2.05, 4.69) is 41.4 Å². The van der Waals surface area contributed by atoms with Crippen LogP contribution in [-0.2, 0) is 17.9 Å². The van der Waals surface area contributed by atoms with Crippen molar-refractivity contribution in [3.63, 3.8) is 0 Å². The zero-order valence-corrected chi connectivity index (χ0v) is 14.7. The second-order valence-corrected chi connectivity index (χ2v) is 6.90. The molecule has 3 heteroatoms. The van der Waals surface area contributed by atoms with Crippen LogP contribution in [0.15, 0.2) is 79.1 Å². The topological polar surface area (TPSA) is 33.2 Å². The molecular formula is C23H22N2O. The molecule has 0 radical (unpaired) electrons. The monoisotopic (exact) mass is 342 g/mol. The molecule has 26 heavy (non-hydrogen) atoms. The van der Waals surface area contributed by atoms with Gasteiger partial charge in [-0.2, -0.15) is 0 Å². The van der Waals surface area contributed by atoms with Crippen LogP contribution >= 0.6 is 0 Å². The number of aromatic nitrogens is 1. The Balaban J connectivity index is 1.56. The van der Waals surface area contributed by atoms with Crippen molar-refractivity contribution in [2.24, 2.45) is 5.92 Å². The van der Waals surface area contributed by atoms with E-state index in [1.807, 2.05) is 41.4 Å². The number of carbonyl (C=O) groups is 1. The molecule has 0 aliphatic heterocycles. The first-order valence-corrected chi connectivity index (χ1v) is 9.11. The van der Waals surface area contributed by atoms with Gasteiger partial charge in [0.2, 0.25) is 5.91 Å². The minimum atomic E-state index is 0.212. The molecule has 1 aliphatic rings. The lowest BCUT2D eigenvalue weighted by atomic mass is 10.0. The molecule has 1 amide bonds. The van der Waals surface area contributed by atoms with Gasteiger partial charge < -0.3 is 4.90 Å². The van der Waals surface area contributed by atoms with Crippen LogP contribution in [0.1, 0.15) is 24.0 Å². The smallest absolute Gasteiger partial charge is 0.226 e. The molecule has 1 heterocycles. The summed E-state index contributed by atoms with van der Waals surface area (Å²) >= 11 is 0. The summed E-state index contributed by atoms with van der Waals surface area (Å²) in [5.74, 6) is 0.475. The third kappa shape index (κ3) is 3.99. The Bertz CT molecular complexity index is 873. The van der Waals surface area contributed by atoms with Crippen LogP contribution in [0.2, 0.25) is 0 Å². The van der Waals surface area contributed by atoms with E-state index in [4.69, 9.17) is 0 Å². The first-order valence-electron chi connectivity index (χ1n) is 9.11. The van der Waals surface area contributed by atoms with Gasteiger partial charge in [0.05, 0.1) is 0 Å². The molecule has 0 N–H and O–H groups in total. The van der Waals surface area contributed by atoms with Gasteiger partial charge in [0.1, 0.15) is 0 Å². The lowest BCUT2D eigenvalue weighted by Gasteiger charge is -2.23. The van der Waals surface area contributed by atoms with Crippen LogP contribution in [0.3, 0.4) is 0 Å². The van der Waals surface area contributed by atoms with Gasteiger partial charge >= 0.3 is 0 Å². The molecule has 3 aromatic rings. The fourth-order valence-corrected chi connectivity index (χ4v) is 3.21. The highest BCUT2D eigenvalue weighted by Crippen LogP contribution is 2.32. The third-order valence-electron chi connectivity index (χ3n) is 4.74. The predicted molar refractivity (Wildman–Crippen MR) is 103 cm³/mol. The maximum absolute atomic E-state index is 12.8. The lowest BCUT2D eigenvalue weighted by molar-refractivity contribution is -0.133. The van der Waals surface area contributed by atoms with Crippen molar-refractivity contribution in [3.8, 4) is 11.1 Å². The highest BCUT2D eigenvalue weighted by Gasteiger charge is 2.33. The van der Waals surface area contributed by atoms with E-state index in [0.29, 0.717) is 13.1 Å². The summed E-state index contributed by atoms with van der Waals surface area (Å²) in [6.45, 7) is 1.24. The van der Waals surface area contributed by atoms with E-state index in [1.54, 1.807) is 6.20 Å². The number of amides is 1. The first-order chi connectivity index (χ1) is 12.8. The summed E-state index contributed by atoms with van der Waals surface area (Å²) in [4.78, 5) is 18.9. The molecule has 4 rings (SSSR count). The third-order valence-corrected chi connectivity index (χ3v) is 4.74. The number of hydrogen-bond acceptors (Lipinski definition) is 2. The first kappa shape index (κ1) is 16.5. The van der Waals surface area contributed by atoms with Gasteiger partial charge in [-0.25, -0.2) is 0 Å². The summed E-state index contributed by atoms with van der Waals surface area (Å²) in [6.07, 6.45) is 5.65. The molecule has 3 nitrogen and oxygen atoms in total. The summed E-state index contributed by atoms with van der Waals surface area (Å²) in [5.41, 5.74) is 4.61. The lowest BCUT2D eigenvalue weighted by Crippen LogP contribution is -2.31. The van der Waals surface area contributed by atoms with Crippen molar-refractivity contribution in [1.82, 2.24) is 9.88 Å². The molecule has 0 spiro atoms. The zero-order chi connectivity index (χ0) is 17.8. The Morgan fingerprint density at radius 3 is 2.35 bits per heavy atom. The summed E-state index contributed by atoms with van der Waals surface area (Å²) < 4.78 is 0. The van der Waals surface area contributed by atoms with Crippen molar-refractivity contribution in [1.29, 1.82) is 0 Å². The number of hydrogen-bond donors (Lipinski definition) is 0. The summed E-state index contributed by atoms with van der Waals surface area (Å²) in [6, 6.07) is 22.8. The number of rotatable bonds is 6. The minimum Gasteiger partial charge on any atom is -0.334 e. The van der Waals surface area contributed by atoms with Crippen LogP contribution in [0.4, 0.5) is 0 Å². The fraction of sp³-hybridized carbons (Fsp3) is 0.217. The van der Waals surface area contributed by atoms with Gasteiger partial charge in [-0.3, -0.25) is 9.78 Å². The van der Waals surface area contributed by atoms with Gasteiger partial charge in [-0.1, -0.05) is 54.6 Å². The predicted octanol–water partition coefficient (Wildman–Crippen LogP) is 4.69. The number of nitrogens with zero attached hydrogens (tertiary/aromatic N) is 2. The second-order valence-electron chi connectivity index (χ2n) is 6.90. The van der Waals surface area contributed by atoms with Crippen LogP contribution in [0, 0.1) is 5.92 Å². The molecule has 130 valence electrons. The van der Waals surface area contributed by atoms with E-state index < -0.39 is 0 Å². The molecule has 0 bridgehead atoms. The van der Waals surface area contributed by atoms with Crippen LogP contribution in [0.25, 0.3) is 11.1 Å². The van der Waals surface area contributed by atoms with E-state index in [0.717, 1.165) is 24.0 Å². The maximum Gasteiger partial charge on any atom is 0.226 e. The van der Waals surface area contributed by atoms with E-state index in [9.17, 15) is 4.79 Å². The number of pyridine rings is 1. The quantitative estimate of drug-likeness (QED) is 0.651. The SMILES string of the molecule is O=C(C1CC1)N(Cc1cccnc1)Cc1cccc(-c2ccccc2)c1. The molecule has 1 saturated carbocycles. The molecule has 0 atom stereocenters. The normalized spacial score (nSPS) is 13.4. The Kier molecular flexibility index (Phi) is 4.78. The van der Waals surface area contributed by atoms with E-state index >= 15 is 0 Å². The van der Waals surface area contributed by atoms with Gasteiger partial charge in [-0.15, -0.1) is 0 Å². The van der Waals surface area contributed by atoms with Crippen molar-refractivity contribution >= 4 is 5.91 Å². The maximum atomic E-state index is 12.8. The molecule has 2 aromatic carbocycles. The summed E-state index contributed by atoms with van der Waals surface area (Å²) in [5, 5.41) is 0. The van der Waals surface area contributed by atoms with E-state index in [1.165, 1.54) is 11.1 Å². The van der Waals surface area contributed by atoms with Gasteiger partial charge in [0.25, 0.3) is 0 Å². The molecule has 0 unspecified atom stereocenters. The van der Waals surface area contributed by atoms with Crippen molar-refractivity contribution in [3.05, 3.63) is 90.3 Å². The minimum absolute atomic E-state index is 0.212. The van der Waals surface area contributed by atoms with E-state index in [-0.39, 0.29) is 11.8 Å². The number of carbonyl (C=O) groups excluding carboxylic acids is 1. The largest absolute Gasteiger partial charge is 0.334 e. The Hall–Kier alpha value is -2.94. The average molecular weight is 342 g/mol. The molecule has 0 saturated heterocycles. The Labute approximate surface area is 154 Å².